The van der Waals surface area contributed by atoms with Crippen LogP contribution in [0.15, 0.2) is 18.2 Å². The van der Waals surface area contributed by atoms with E-state index in [1.807, 2.05) is 0 Å². The van der Waals surface area contributed by atoms with Crippen LogP contribution in [-0.4, -0.2) is 54.3 Å². The van der Waals surface area contributed by atoms with Gasteiger partial charge in [0.1, 0.15) is 11.8 Å². The van der Waals surface area contributed by atoms with Gasteiger partial charge in [0.25, 0.3) is 11.8 Å². The highest BCUT2D eigenvalue weighted by Gasteiger charge is 2.40. The molecule has 0 radical (unpaired) electrons. The van der Waals surface area contributed by atoms with Crippen LogP contribution >= 0.6 is 0 Å². The van der Waals surface area contributed by atoms with Crippen LogP contribution < -0.4 is 21.1 Å². The first-order chi connectivity index (χ1) is 15.5. The first kappa shape index (κ1) is 23.7. The highest BCUT2D eigenvalue weighted by Crippen LogP contribution is 2.33. The molecule has 0 aromatic heterocycles. The zero-order valence-electron chi connectivity index (χ0n) is 18.4. The molecule has 0 spiro atoms. The van der Waals surface area contributed by atoms with Gasteiger partial charge in [0, 0.05) is 24.1 Å². The Hall–Kier alpha value is -2.94. The van der Waals surface area contributed by atoms with Gasteiger partial charge in [0.05, 0.1) is 6.54 Å². The minimum absolute atomic E-state index is 0.139. The van der Waals surface area contributed by atoms with Gasteiger partial charge < -0.3 is 20.7 Å². The van der Waals surface area contributed by atoms with Crippen LogP contribution in [0, 0.1) is 0 Å². The van der Waals surface area contributed by atoms with Gasteiger partial charge in [0.2, 0.25) is 11.8 Å². The zero-order valence-corrected chi connectivity index (χ0v) is 18.4. The van der Waals surface area contributed by atoms with E-state index in [-0.39, 0.29) is 37.3 Å². The van der Waals surface area contributed by atoms with E-state index in [0.717, 1.165) is 38.6 Å². The van der Waals surface area contributed by atoms with Gasteiger partial charge in [-0.1, -0.05) is 31.7 Å². The molecule has 3 rings (SSSR count). The summed E-state index contributed by atoms with van der Waals surface area (Å²) >= 11 is 0. The number of imide groups is 1. The minimum Gasteiger partial charge on any atom is -0.483 e. The van der Waals surface area contributed by atoms with Crippen molar-refractivity contribution in [1.29, 1.82) is 0 Å². The topological polar surface area (TPSA) is 131 Å². The van der Waals surface area contributed by atoms with E-state index in [9.17, 15) is 19.2 Å². The second-order valence-corrected chi connectivity index (χ2v) is 8.23. The number of carbonyl (C=O) groups is 4. The van der Waals surface area contributed by atoms with E-state index in [4.69, 9.17) is 10.5 Å². The maximum Gasteiger partial charge on any atom is 0.257 e. The van der Waals surface area contributed by atoms with Crippen molar-refractivity contribution in [2.75, 3.05) is 19.7 Å². The molecule has 1 saturated heterocycles. The Balaban J connectivity index is 1.46. The summed E-state index contributed by atoms with van der Waals surface area (Å²) in [7, 11) is 0. The Labute approximate surface area is 188 Å². The van der Waals surface area contributed by atoms with Crippen molar-refractivity contribution < 1.29 is 23.9 Å². The normalized spacial score (nSPS) is 17.8. The fourth-order valence-corrected chi connectivity index (χ4v) is 4.09. The van der Waals surface area contributed by atoms with Gasteiger partial charge in [-0.15, -0.1) is 0 Å². The summed E-state index contributed by atoms with van der Waals surface area (Å²) in [6.07, 6.45) is 7.02. The van der Waals surface area contributed by atoms with Crippen molar-refractivity contribution in [1.82, 2.24) is 15.5 Å². The number of piperidine rings is 1. The van der Waals surface area contributed by atoms with Gasteiger partial charge in [-0.25, -0.2) is 0 Å². The van der Waals surface area contributed by atoms with Crippen molar-refractivity contribution >= 4 is 23.6 Å². The van der Waals surface area contributed by atoms with Crippen LogP contribution in [-0.2, 0) is 20.9 Å². The monoisotopic (exact) mass is 444 g/mol. The van der Waals surface area contributed by atoms with Gasteiger partial charge in [-0.05, 0) is 37.9 Å². The molecule has 174 valence electrons. The van der Waals surface area contributed by atoms with E-state index in [2.05, 4.69) is 10.6 Å². The standard InChI is InChI=1S/C23H32N4O5/c24-12-5-3-1-2-4-6-13-25-21(29)15-32-19-9-7-8-16-17(19)14-27(23(16)31)18-10-11-20(28)26-22(18)30/h7-9,18H,1-6,10-15,24H2,(H,25,29)(H,26,28,30). The summed E-state index contributed by atoms with van der Waals surface area (Å²) in [6.45, 7) is 1.42. The molecule has 32 heavy (non-hydrogen) atoms. The molecule has 2 aliphatic rings. The number of hydrogen-bond donors (Lipinski definition) is 3. The number of fused-ring (bicyclic) bond motifs is 1. The van der Waals surface area contributed by atoms with Crippen molar-refractivity contribution in [2.45, 2.75) is 64.0 Å². The number of nitrogens with one attached hydrogen (secondary N) is 2. The van der Waals surface area contributed by atoms with Gasteiger partial charge in [-0.3, -0.25) is 24.5 Å². The quantitative estimate of drug-likeness (QED) is 0.328. The molecular weight excluding hydrogens is 412 g/mol. The van der Waals surface area contributed by atoms with Crippen molar-refractivity contribution in [3.63, 3.8) is 0 Å². The second kappa shape index (κ2) is 11.6. The molecule has 1 atom stereocenters. The maximum atomic E-state index is 12.8. The lowest BCUT2D eigenvalue weighted by molar-refractivity contribution is -0.137. The Morgan fingerprint density at radius 3 is 2.62 bits per heavy atom. The van der Waals surface area contributed by atoms with Crippen molar-refractivity contribution in [3.8, 4) is 5.75 Å². The van der Waals surface area contributed by atoms with E-state index in [1.54, 1.807) is 18.2 Å². The summed E-state index contributed by atoms with van der Waals surface area (Å²) in [6, 6.07) is 4.42. The fraction of sp³-hybridized carbons (Fsp3) is 0.565. The molecule has 1 aromatic rings. The average molecular weight is 445 g/mol. The third kappa shape index (κ3) is 6.06. The molecule has 0 saturated carbocycles. The molecular formula is C23H32N4O5. The molecule has 0 aliphatic carbocycles. The molecule has 4 N–H and O–H groups in total. The lowest BCUT2D eigenvalue weighted by Gasteiger charge is -2.29. The number of nitrogens with zero attached hydrogens (tertiary/aromatic N) is 1. The van der Waals surface area contributed by atoms with Crippen molar-refractivity contribution in [2.24, 2.45) is 5.73 Å². The molecule has 2 aliphatic heterocycles. The van der Waals surface area contributed by atoms with Crippen LogP contribution in [0.25, 0.3) is 0 Å². The Bertz CT molecular complexity index is 857. The first-order valence-corrected chi connectivity index (χ1v) is 11.4. The Morgan fingerprint density at radius 2 is 1.88 bits per heavy atom. The van der Waals surface area contributed by atoms with Gasteiger partial charge in [-0.2, -0.15) is 0 Å². The van der Waals surface area contributed by atoms with E-state index >= 15 is 0 Å². The number of benzene rings is 1. The third-order valence-electron chi connectivity index (χ3n) is 5.85. The lowest BCUT2D eigenvalue weighted by Crippen LogP contribution is -2.52. The Morgan fingerprint density at radius 1 is 1.12 bits per heavy atom. The predicted octanol–water partition coefficient (Wildman–Crippen LogP) is 1.24. The molecule has 2 heterocycles. The average Bonchev–Trinajstić information content (AvgIpc) is 3.11. The number of nitrogens with two attached hydrogens (primary N) is 1. The van der Waals surface area contributed by atoms with Crippen LogP contribution in [0.1, 0.15) is 67.3 Å². The lowest BCUT2D eigenvalue weighted by atomic mass is 10.0. The summed E-state index contributed by atoms with van der Waals surface area (Å²) in [4.78, 5) is 50.0. The summed E-state index contributed by atoms with van der Waals surface area (Å²) < 4.78 is 5.70. The van der Waals surface area contributed by atoms with E-state index in [0.29, 0.717) is 29.8 Å². The third-order valence-corrected chi connectivity index (χ3v) is 5.85. The molecule has 9 heteroatoms. The Kier molecular flexibility index (Phi) is 8.61. The summed E-state index contributed by atoms with van der Waals surface area (Å²) in [5.74, 6) is -0.797. The predicted molar refractivity (Wildman–Crippen MR) is 118 cm³/mol. The molecule has 4 amide bonds. The number of rotatable bonds is 12. The first-order valence-electron chi connectivity index (χ1n) is 11.4. The highest BCUT2D eigenvalue weighted by molar-refractivity contribution is 6.05. The zero-order chi connectivity index (χ0) is 22.9. The number of carbonyl (C=O) groups excluding carboxylic acids is 4. The van der Waals surface area contributed by atoms with Crippen LogP contribution in [0.5, 0.6) is 5.75 Å². The number of hydrogen-bond acceptors (Lipinski definition) is 6. The fourth-order valence-electron chi connectivity index (χ4n) is 4.09. The SMILES string of the molecule is NCCCCCCCCNC(=O)COc1cccc2c1CN(C1CCC(=O)NC1=O)C2=O. The maximum absolute atomic E-state index is 12.8. The van der Waals surface area contributed by atoms with E-state index < -0.39 is 11.9 Å². The van der Waals surface area contributed by atoms with E-state index in [1.165, 1.54) is 11.3 Å². The molecule has 1 fully saturated rings. The molecule has 9 nitrogen and oxygen atoms in total. The summed E-state index contributed by atoms with van der Waals surface area (Å²) in [5, 5.41) is 5.14. The van der Waals surface area contributed by atoms with Crippen LogP contribution in [0.4, 0.5) is 0 Å². The molecule has 1 aromatic carbocycles. The number of unbranched alkanes of at least 4 members (excludes halogenated alkanes) is 5. The van der Waals surface area contributed by atoms with Gasteiger partial charge >= 0.3 is 0 Å². The second-order valence-electron chi connectivity index (χ2n) is 8.23. The summed E-state index contributed by atoms with van der Waals surface area (Å²) in [5.41, 5.74) is 6.60. The highest BCUT2D eigenvalue weighted by atomic mass is 16.5. The molecule has 0 bridgehead atoms. The molecule has 1 unspecified atom stereocenters. The minimum atomic E-state index is -0.681. The van der Waals surface area contributed by atoms with Crippen LogP contribution in [0.3, 0.4) is 0 Å². The smallest absolute Gasteiger partial charge is 0.257 e. The largest absolute Gasteiger partial charge is 0.483 e. The van der Waals surface area contributed by atoms with Crippen molar-refractivity contribution in [3.05, 3.63) is 29.3 Å². The van der Waals surface area contributed by atoms with Gasteiger partial charge in [0.15, 0.2) is 6.61 Å². The number of amides is 4. The number of ether oxygens (including phenoxy) is 1. The van der Waals surface area contributed by atoms with Crippen LogP contribution in [0.2, 0.25) is 0 Å².